The van der Waals surface area contributed by atoms with Crippen molar-refractivity contribution in [3.63, 3.8) is 0 Å². The molecule has 0 aliphatic rings. The lowest BCUT2D eigenvalue weighted by atomic mass is 10.2. The van der Waals surface area contributed by atoms with Crippen LogP contribution in [0.5, 0.6) is 5.75 Å². The largest absolute Gasteiger partial charge is 0.497 e. The molecule has 6 nitrogen and oxygen atoms in total. The number of ether oxygens (including phenoxy) is 1. The number of aromatic nitrogens is 4. The van der Waals surface area contributed by atoms with Crippen molar-refractivity contribution in [2.24, 2.45) is 0 Å². The first-order valence-electron chi connectivity index (χ1n) is 9.16. The van der Waals surface area contributed by atoms with E-state index >= 15 is 0 Å². The van der Waals surface area contributed by atoms with Gasteiger partial charge in [0.1, 0.15) is 11.6 Å². The van der Waals surface area contributed by atoms with Crippen molar-refractivity contribution < 1.29 is 4.74 Å². The Bertz CT molecular complexity index is 1050. The number of nitrogens with zero attached hydrogens (tertiary/aromatic N) is 4. The van der Waals surface area contributed by atoms with Crippen LogP contribution in [-0.2, 0) is 13.1 Å². The number of rotatable bonds is 7. The van der Waals surface area contributed by atoms with E-state index < -0.39 is 0 Å². The van der Waals surface area contributed by atoms with Gasteiger partial charge in [-0.1, -0.05) is 23.7 Å². The summed E-state index contributed by atoms with van der Waals surface area (Å²) in [5.41, 5.74) is 3.14. The second-order valence-electron chi connectivity index (χ2n) is 6.52. The number of aromatic amines is 1. The fourth-order valence-corrected chi connectivity index (χ4v) is 3.14. The fourth-order valence-electron chi connectivity index (χ4n) is 3.02. The van der Waals surface area contributed by atoms with Crippen LogP contribution in [0.15, 0.2) is 73.1 Å². The Hall–Kier alpha value is -3.38. The Morgan fingerprint density at radius 3 is 2.34 bits per heavy atom. The summed E-state index contributed by atoms with van der Waals surface area (Å²) in [4.78, 5) is 10.9. The van der Waals surface area contributed by atoms with Gasteiger partial charge in [0.2, 0.25) is 0 Å². The Morgan fingerprint density at radius 1 is 0.931 bits per heavy atom. The molecule has 0 bridgehead atoms. The molecule has 0 atom stereocenters. The van der Waals surface area contributed by atoms with Crippen LogP contribution in [0.4, 0.5) is 5.69 Å². The van der Waals surface area contributed by atoms with Crippen LogP contribution in [0.1, 0.15) is 11.4 Å². The van der Waals surface area contributed by atoms with E-state index in [0.717, 1.165) is 28.4 Å². The quantitative estimate of drug-likeness (QED) is 0.481. The lowest BCUT2D eigenvalue weighted by Crippen LogP contribution is -2.22. The SMILES string of the molecule is COc1ccc(CN(Cc2nc(-c3ccncc3)n[nH]2)c2ccc(Cl)cc2)cc1. The van der Waals surface area contributed by atoms with Crippen LogP contribution in [0, 0.1) is 0 Å². The predicted molar refractivity (Wildman–Crippen MR) is 114 cm³/mol. The summed E-state index contributed by atoms with van der Waals surface area (Å²) >= 11 is 6.08. The van der Waals surface area contributed by atoms with Crippen molar-refractivity contribution in [2.75, 3.05) is 12.0 Å². The van der Waals surface area contributed by atoms with Gasteiger partial charge in [0.05, 0.1) is 13.7 Å². The van der Waals surface area contributed by atoms with E-state index in [1.165, 1.54) is 0 Å². The molecule has 7 heteroatoms. The zero-order valence-corrected chi connectivity index (χ0v) is 16.7. The van der Waals surface area contributed by atoms with Gasteiger partial charge in [-0.25, -0.2) is 4.98 Å². The summed E-state index contributed by atoms with van der Waals surface area (Å²) in [5.74, 6) is 2.27. The van der Waals surface area contributed by atoms with E-state index in [9.17, 15) is 0 Å². The monoisotopic (exact) mass is 405 g/mol. The Balaban J connectivity index is 1.58. The summed E-state index contributed by atoms with van der Waals surface area (Å²) < 4.78 is 5.26. The third-order valence-corrected chi connectivity index (χ3v) is 4.79. The van der Waals surface area contributed by atoms with Crippen molar-refractivity contribution in [1.29, 1.82) is 0 Å². The average Bonchev–Trinajstić information content (AvgIpc) is 3.24. The zero-order chi connectivity index (χ0) is 20.1. The number of benzene rings is 2. The van der Waals surface area contributed by atoms with Crippen molar-refractivity contribution in [3.8, 4) is 17.1 Å². The summed E-state index contributed by atoms with van der Waals surface area (Å²) in [5, 5.41) is 8.11. The first-order valence-corrected chi connectivity index (χ1v) is 9.54. The van der Waals surface area contributed by atoms with Crippen molar-refractivity contribution >= 4 is 17.3 Å². The molecular weight excluding hydrogens is 386 g/mol. The molecule has 0 saturated heterocycles. The molecule has 146 valence electrons. The van der Waals surface area contributed by atoms with Crippen LogP contribution in [0.2, 0.25) is 5.02 Å². The fraction of sp³-hybridized carbons (Fsp3) is 0.136. The minimum Gasteiger partial charge on any atom is -0.497 e. The van der Waals surface area contributed by atoms with Gasteiger partial charge in [-0.15, -0.1) is 0 Å². The van der Waals surface area contributed by atoms with Gasteiger partial charge in [-0.05, 0) is 54.1 Å². The van der Waals surface area contributed by atoms with Gasteiger partial charge in [0, 0.05) is 35.2 Å². The molecule has 0 aliphatic carbocycles. The topological polar surface area (TPSA) is 66.9 Å². The normalized spacial score (nSPS) is 10.7. The van der Waals surface area contributed by atoms with Crippen molar-refractivity contribution in [2.45, 2.75) is 13.1 Å². The first kappa shape index (κ1) is 19.0. The van der Waals surface area contributed by atoms with E-state index in [-0.39, 0.29) is 0 Å². The first-order chi connectivity index (χ1) is 14.2. The maximum Gasteiger partial charge on any atom is 0.181 e. The number of anilines is 1. The second kappa shape index (κ2) is 8.75. The molecule has 2 aromatic carbocycles. The van der Waals surface area contributed by atoms with Crippen LogP contribution in [0.3, 0.4) is 0 Å². The molecule has 4 rings (SSSR count). The molecule has 0 radical (unpaired) electrons. The minimum atomic E-state index is 0.575. The standard InChI is InChI=1S/C22H20ClN5O/c1-29-20-8-2-16(3-9-20)14-28(19-6-4-18(23)5-7-19)15-21-25-22(27-26-21)17-10-12-24-13-11-17/h2-13H,14-15H2,1H3,(H,25,26,27). The summed E-state index contributed by atoms with van der Waals surface area (Å²) in [6, 6.07) is 19.6. The third kappa shape index (κ3) is 4.73. The molecular formula is C22H20ClN5O. The molecule has 1 N–H and O–H groups in total. The summed E-state index contributed by atoms with van der Waals surface area (Å²) in [6.45, 7) is 1.28. The number of methoxy groups -OCH3 is 1. The van der Waals surface area contributed by atoms with Crippen LogP contribution < -0.4 is 9.64 Å². The zero-order valence-electron chi connectivity index (χ0n) is 15.9. The van der Waals surface area contributed by atoms with Gasteiger partial charge >= 0.3 is 0 Å². The van der Waals surface area contributed by atoms with Crippen molar-refractivity contribution in [3.05, 3.63) is 89.5 Å². The number of H-pyrrole nitrogens is 1. The van der Waals surface area contributed by atoms with Crippen molar-refractivity contribution in [1.82, 2.24) is 20.2 Å². The number of hydrogen-bond donors (Lipinski definition) is 1. The molecule has 4 aromatic rings. The van der Waals surface area contributed by atoms with E-state index in [1.807, 2.05) is 48.5 Å². The molecule has 0 unspecified atom stereocenters. The average molecular weight is 406 g/mol. The number of nitrogens with one attached hydrogen (secondary N) is 1. The predicted octanol–water partition coefficient (Wildman–Crippen LogP) is 4.74. The maximum atomic E-state index is 6.08. The Morgan fingerprint density at radius 2 is 1.66 bits per heavy atom. The van der Waals surface area contributed by atoms with E-state index in [4.69, 9.17) is 16.3 Å². The minimum absolute atomic E-state index is 0.575. The molecule has 29 heavy (non-hydrogen) atoms. The molecule has 2 aromatic heterocycles. The highest BCUT2D eigenvalue weighted by molar-refractivity contribution is 6.30. The lowest BCUT2D eigenvalue weighted by Gasteiger charge is -2.24. The lowest BCUT2D eigenvalue weighted by molar-refractivity contribution is 0.414. The molecule has 0 fully saturated rings. The van der Waals surface area contributed by atoms with Gasteiger partial charge in [-0.3, -0.25) is 10.1 Å². The molecule has 0 amide bonds. The van der Waals surface area contributed by atoms with Crippen LogP contribution in [-0.4, -0.2) is 27.3 Å². The number of hydrogen-bond acceptors (Lipinski definition) is 5. The summed E-state index contributed by atoms with van der Waals surface area (Å²) in [6.07, 6.45) is 3.46. The van der Waals surface area contributed by atoms with Crippen LogP contribution in [0.25, 0.3) is 11.4 Å². The van der Waals surface area contributed by atoms with E-state index in [1.54, 1.807) is 19.5 Å². The Kier molecular flexibility index (Phi) is 5.72. The number of pyridine rings is 1. The van der Waals surface area contributed by atoms with E-state index in [0.29, 0.717) is 23.9 Å². The van der Waals surface area contributed by atoms with Gasteiger partial charge < -0.3 is 9.64 Å². The third-order valence-electron chi connectivity index (χ3n) is 4.54. The van der Waals surface area contributed by atoms with Gasteiger partial charge in [0.15, 0.2) is 5.82 Å². The molecule has 0 spiro atoms. The highest BCUT2D eigenvalue weighted by Crippen LogP contribution is 2.23. The smallest absolute Gasteiger partial charge is 0.181 e. The highest BCUT2D eigenvalue weighted by atomic mass is 35.5. The van der Waals surface area contributed by atoms with Crippen LogP contribution >= 0.6 is 11.6 Å². The molecule has 2 heterocycles. The maximum absolute atomic E-state index is 6.08. The molecule has 0 saturated carbocycles. The molecule has 0 aliphatic heterocycles. The second-order valence-corrected chi connectivity index (χ2v) is 6.96. The Labute approximate surface area is 174 Å². The number of halogens is 1. The van der Waals surface area contributed by atoms with Gasteiger partial charge in [-0.2, -0.15) is 5.10 Å². The van der Waals surface area contributed by atoms with Gasteiger partial charge in [0.25, 0.3) is 0 Å². The summed E-state index contributed by atoms with van der Waals surface area (Å²) in [7, 11) is 1.67. The van der Waals surface area contributed by atoms with E-state index in [2.05, 4.69) is 37.2 Å². The highest BCUT2D eigenvalue weighted by Gasteiger charge is 2.13.